The highest BCUT2D eigenvalue weighted by Gasteiger charge is 2.26. The average molecular weight is 317 g/mol. The third-order valence-electron chi connectivity index (χ3n) is 4.27. The highest BCUT2D eigenvalue weighted by molar-refractivity contribution is 5.68. The molecule has 2 fully saturated rings. The van der Waals surface area contributed by atoms with Crippen molar-refractivity contribution < 1.29 is 9.53 Å². The fourth-order valence-corrected chi connectivity index (χ4v) is 3.01. The molecular weight excluding hydrogens is 290 g/mol. The van der Waals surface area contributed by atoms with Crippen molar-refractivity contribution in [1.82, 2.24) is 10.3 Å². The number of aromatic nitrogens is 1. The van der Waals surface area contributed by atoms with Gasteiger partial charge in [0, 0.05) is 30.7 Å². The van der Waals surface area contributed by atoms with E-state index in [2.05, 4.69) is 27.3 Å². The third-order valence-corrected chi connectivity index (χ3v) is 4.27. The van der Waals surface area contributed by atoms with Gasteiger partial charge >= 0.3 is 6.09 Å². The van der Waals surface area contributed by atoms with E-state index >= 15 is 0 Å². The first-order valence-electron chi connectivity index (χ1n) is 8.61. The van der Waals surface area contributed by atoms with Gasteiger partial charge in [-0.15, -0.1) is 0 Å². The molecule has 0 radical (unpaired) electrons. The minimum absolute atomic E-state index is 0.127. The Labute approximate surface area is 138 Å². The number of hydrogen-bond acceptors (Lipinski definition) is 4. The molecule has 1 atom stereocenters. The zero-order valence-electron chi connectivity index (χ0n) is 14.3. The Hall–Kier alpha value is -1.78. The molecule has 2 heterocycles. The molecule has 1 aliphatic heterocycles. The Balaban J connectivity index is 1.56. The summed E-state index contributed by atoms with van der Waals surface area (Å²) in [5.41, 5.74) is 1.90. The lowest BCUT2D eigenvalue weighted by Gasteiger charge is -2.35. The van der Waals surface area contributed by atoms with Crippen LogP contribution in [0.4, 0.5) is 10.5 Å². The molecule has 0 bridgehead atoms. The summed E-state index contributed by atoms with van der Waals surface area (Å²) >= 11 is 0. The molecule has 1 aromatic heterocycles. The van der Waals surface area contributed by atoms with E-state index in [9.17, 15) is 4.79 Å². The lowest BCUT2D eigenvalue weighted by molar-refractivity contribution is 0.0500. The van der Waals surface area contributed by atoms with Gasteiger partial charge in [0.2, 0.25) is 0 Å². The van der Waals surface area contributed by atoms with E-state index in [4.69, 9.17) is 4.74 Å². The second-order valence-corrected chi connectivity index (χ2v) is 7.65. The van der Waals surface area contributed by atoms with Crippen LogP contribution in [0.2, 0.25) is 0 Å². The number of amides is 1. The van der Waals surface area contributed by atoms with Crippen LogP contribution in [0.5, 0.6) is 0 Å². The molecule has 3 rings (SSSR count). The Kier molecular flexibility index (Phi) is 4.46. The van der Waals surface area contributed by atoms with Crippen molar-refractivity contribution in [2.75, 3.05) is 18.0 Å². The summed E-state index contributed by atoms with van der Waals surface area (Å²) < 4.78 is 5.35. The Morgan fingerprint density at radius 1 is 1.30 bits per heavy atom. The first kappa shape index (κ1) is 16.1. The largest absolute Gasteiger partial charge is 0.444 e. The molecule has 0 unspecified atom stereocenters. The molecule has 5 nitrogen and oxygen atoms in total. The highest BCUT2D eigenvalue weighted by Crippen LogP contribution is 2.39. The van der Waals surface area contributed by atoms with Crippen LogP contribution in [0.25, 0.3) is 0 Å². The zero-order chi connectivity index (χ0) is 16.4. The molecule has 1 aromatic rings. The number of nitrogens with one attached hydrogen (secondary N) is 1. The number of carbonyl (C=O) groups excluding carboxylic acids is 1. The molecular formula is C18H27N3O2. The van der Waals surface area contributed by atoms with Crippen LogP contribution in [-0.4, -0.2) is 35.8 Å². The topological polar surface area (TPSA) is 54.5 Å². The standard InChI is InChI=1S/C18H27N3O2/c1-18(2,3)23-17(22)20-14-5-4-10-21(12-14)15-8-9-16(19-11-15)13-6-7-13/h8-9,11,13-14H,4-7,10,12H2,1-3H3,(H,20,22)/t14-/m0/s1. The van der Waals surface area contributed by atoms with Gasteiger partial charge in [0.1, 0.15) is 5.60 Å². The number of anilines is 1. The van der Waals surface area contributed by atoms with Crippen LogP contribution in [-0.2, 0) is 4.74 Å². The third kappa shape index (κ3) is 4.60. The number of rotatable bonds is 3. The van der Waals surface area contributed by atoms with Crippen molar-refractivity contribution in [1.29, 1.82) is 0 Å². The number of carbonyl (C=O) groups is 1. The maximum atomic E-state index is 11.9. The molecule has 2 aliphatic rings. The van der Waals surface area contributed by atoms with E-state index in [1.165, 1.54) is 18.5 Å². The van der Waals surface area contributed by atoms with Crippen LogP contribution in [0.15, 0.2) is 18.3 Å². The molecule has 1 N–H and O–H groups in total. The van der Waals surface area contributed by atoms with Gasteiger partial charge in [0.05, 0.1) is 11.9 Å². The molecule has 0 spiro atoms. The fourth-order valence-electron chi connectivity index (χ4n) is 3.01. The molecule has 23 heavy (non-hydrogen) atoms. The van der Waals surface area contributed by atoms with Gasteiger partial charge in [-0.05, 0) is 58.6 Å². The van der Waals surface area contributed by atoms with Crippen LogP contribution in [0.1, 0.15) is 58.1 Å². The van der Waals surface area contributed by atoms with Crippen molar-refractivity contribution in [2.45, 2.75) is 64.0 Å². The van der Waals surface area contributed by atoms with Gasteiger partial charge in [-0.1, -0.05) is 0 Å². The molecule has 1 saturated carbocycles. The van der Waals surface area contributed by atoms with Crippen LogP contribution < -0.4 is 10.2 Å². The molecule has 5 heteroatoms. The van der Waals surface area contributed by atoms with Gasteiger partial charge in [-0.2, -0.15) is 0 Å². The smallest absolute Gasteiger partial charge is 0.407 e. The van der Waals surface area contributed by atoms with Gasteiger partial charge in [-0.3, -0.25) is 4.98 Å². The number of pyridine rings is 1. The zero-order valence-corrected chi connectivity index (χ0v) is 14.3. The molecule has 0 aromatic carbocycles. The van der Waals surface area contributed by atoms with Gasteiger partial charge in [-0.25, -0.2) is 4.79 Å². The van der Waals surface area contributed by atoms with E-state index < -0.39 is 5.60 Å². The molecule has 1 amide bonds. The fraction of sp³-hybridized carbons (Fsp3) is 0.667. The summed E-state index contributed by atoms with van der Waals surface area (Å²) in [5, 5.41) is 2.99. The minimum atomic E-state index is -0.457. The van der Waals surface area contributed by atoms with Crippen molar-refractivity contribution >= 4 is 11.8 Å². The maximum Gasteiger partial charge on any atom is 0.407 e. The number of piperidine rings is 1. The van der Waals surface area contributed by atoms with E-state index in [0.29, 0.717) is 5.92 Å². The second kappa shape index (κ2) is 6.38. The average Bonchev–Trinajstić information content (AvgIpc) is 3.30. The van der Waals surface area contributed by atoms with Crippen molar-refractivity contribution in [3.8, 4) is 0 Å². The van der Waals surface area contributed by atoms with Crippen LogP contribution in [0, 0.1) is 0 Å². The summed E-state index contributed by atoms with van der Waals surface area (Å²) in [6, 6.07) is 4.44. The SMILES string of the molecule is CC(C)(C)OC(=O)N[C@H]1CCCN(c2ccc(C3CC3)nc2)C1. The summed E-state index contributed by atoms with van der Waals surface area (Å²) in [5.74, 6) is 0.687. The van der Waals surface area contributed by atoms with Crippen molar-refractivity contribution in [3.63, 3.8) is 0 Å². The maximum absolute atomic E-state index is 11.9. The Bertz CT molecular complexity index is 546. The summed E-state index contributed by atoms with van der Waals surface area (Å²) in [6.07, 6.45) is 6.25. The number of hydrogen-bond donors (Lipinski definition) is 1. The normalized spacial score (nSPS) is 21.9. The Morgan fingerprint density at radius 3 is 2.70 bits per heavy atom. The van der Waals surface area contributed by atoms with Crippen molar-refractivity contribution in [3.05, 3.63) is 24.0 Å². The minimum Gasteiger partial charge on any atom is -0.444 e. The van der Waals surface area contributed by atoms with Crippen LogP contribution >= 0.6 is 0 Å². The monoisotopic (exact) mass is 317 g/mol. The lowest BCUT2D eigenvalue weighted by Crippen LogP contribution is -2.49. The predicted molar refractivity (Wildman–Crippen MR) is 90.8 cm³/mol. The summed E-state index contributed by atoms with van der Waals surface area (Å²) in [6.45, 7) is 7.47. The van der Waals surface area contributed by atoms with E-state index in [1.54, 1.807) is 0 Å². The summed E-state index contributed by atoms with van der Waals surface area (Å²) in [7, 11) is 0. The van der Waals surface area contributed by atoms with Gasteiger partial charge in [0.25, 0.3) is 0 Å². The summed E-state index contributed by atoms with van der Waals surface area (Å²) in [4.78, 5) is 18.8. The van der Waals surface area contributed by atoms with E-state index in [0.717, 1.165) is 31.6 Å². The predicted octanol–water partition coefficient (Wildman–Crippen LogP) is 3.45. The highest BCUT2D eigenvalue weighted by atomic mass is 16.6. The van der Waals surface area contributed by atoms with E-state index in [1.807, 2.05) is 27.0 Å². The first-order chi connectivity index (χ1) is 10.9. The second-order valence-electron chi connectivity index (χ2n) is 7.65. The van der Waals surface area contributed by atoms with Crippen molar-refractivity contribution in [2.24, 2.45) is 0 Å². The molecule has 1 aliphatic carbocycles. The van der Waals surface area contributed by atoms with Crippen LogP contribution in [0.3, 0.4) is 0 Å². The number of nitrogens with zero attached hydrogens (tertiary/aromatic N) is 2. The molecule has 1 saturated heterocycles. The Morgan fingerprint density at radius 2 is 2.09 bits per heavy atom. The number of alkyl carbamates (subject to hydrolysis) is 1. The van der Waals surface area contributed by atoms with E-state index in [-0.39, 0.29) is 12.1 Å². The molecule has 126 valence electrons. The first-order valence-corrected chi connectivity index (χ1v) is 8.61. The lowest BCUT2D eigenvalue weighted by atomic mass is 10.1. The van der Waals surface area contributed by atoms with Gasteiger partial charge < -0.3 is 15.0 Å². The van der Waals surface area contributed by atoms with Gasteiger partial charge in [0.15, 0.2) is 0 Å². The quantitative estimate of drug-likeness (QED) is 0.927. The number of ether oxygens (including phenoxy) is 1.